The molecule has 0 saturated carbocycles. The second kappa shape index (κ2) is 5.58. The number of hydrogen-bond acceptors (Lipinski definition) is 3. The summed E-state index contributed by atoms with van der Waals surface area (Å²) in [5.74, 6) is 0.518. The van der Waals surface area contributed by atoms with Crippen LogP contribution in [0.25, 0.3) is 11.1 Å². The van der Waals surface area contributed by atoms with E-state index in [0.717, 1.165) is 35.6 Å². The molecule has 2 aromatic rings. The van der Waals surface area contributed by atoms with Gasteiger partial charge in [-0.1, -0.05) is 19.1 Å². The highest BCUT2D eigenvalue weighted by molar-refractivity contribution is 5.68. The third kappa shape index (κ3) is 2.83. The van der Waals surface area contributed by atoms with Crippen LogP contribution in [0.2, 0.25) is 0 Å². The second-order valence-electron chi connectivity index (χ2n) is 4.16. The molecule has 18 heavy (non-hydrogen) atoms. The Balaban J connectivity index is 2.33. The van der Waals surface area contributed by atoms with E-state index in [-0.39, 0.29) is 5.82 Å². The predicted octanol–water partition coefficient (Wildman–Crippen LogP) is 3.41. The molecule has 1 N–H and O–H groups in total. The van der Waals surface area contributed by atoms with E-state index in [4.69, 9.17) is 0 Å². The molecule has 0 fully saturated rings. The molecule has 0 aliphatic heterocycles. The molecule has 0 saturated heterocycles. The maximum Gasteiger partial charge on any atom is 0.149 e. The average molecular weight is 245 g/mol. The third-order valence-corrected chi connectivity index (χ3v) is 2.69. The number of aromatic nitrogens is 2. The van der Waals surface area contributed by atoms with Crippen molar-refractivity contribution in [2.45, 2.75) is 20.3 Å². The van der Waals surface area contributed by atoms with Crippen molar-refractivity contribution in [3.63, 3.8) is 0 Å². The number of rotatable bonds is 4. The highest BCUT2D eigenvalue weighted by Gasteiger charge is 2.06. The normalized spacial score (nSPS) is 10.4. The number of anilines is 1. The van der Waals surface area contributed by atoms with Gasteiger partial charge in [0.2, 0.25) is 0 Å². The zero-order valence-electron chi connectivity index (χ0n) is 10.6. The Hall–Kier alpha value is -1.97. The SMILES string of the molecule is CCCNc1cc(-c2ccc(F)cc2)c(C)nn1. The van der Waals surface area contributed by atoms with E-state index in [1.54, 1.807) is 12.1 Å². The van der Waals surface area contributed by atoms with E-state index in [1.165, 1.54) is 12.1 Å². The first-order valence-corrected chi connectivity index (χ1v) is 6.05. The van der Waals surface area contributed by atoms with Gasteiger partial charge in [-0.2, -0.15) is 5.10 Å². The minimum absolute atomic E-state index is 0.234. The fourth-order valence-corrected chi connectivity index (χ4v) is 1.71. The van der Waals surface area contributed by atoms with Crippen molar-refractivity contribution < 1.29 is 4.39 Å². The summed E-state index contributed by atoms with van der Waals surface area (Å²) in [6, 6.07) is 8.36. The maximum absolute atomic E-state index is 12.9. The maximum atomic E-state index is 12.9. The molecule has 3 nitrogen and oxygen atoms in total. The van der Waals surface area contributed by atoms with E-state index < -0.39 is 0 Å². The summed E-state index contributed by atoms with van der Waals surface area (Å²) >= 11 is 0. The summed E-state index contributed by atoms with van der Waals surface area (Å²) in [6.45, 7) is 4.85. The van der Waals surface area contributed by atoms with E-state index in [0.29, 0.717) is 0 Å². The summed E-state index contributed by atoms with van der Waals surface area (Å²) in [4.78, 5) is 0. The third-order valence-electron chi connectivity index (χ3n) is 2.69. The first-order chi connectivity index (χ1) is 8.70. The number of aryl methyl sites for hydroxylation is 1. The van der Waals surface area contributed by atoms with Crippen LogP contribution >= 0.6 is 0 Å². The van der Waals surface area contributed by atoms with Gasteiger partial charge in [0.05, 0.1) is 5.69 Å². The minimum atomic E-state index is -0.234. The Labute approximate surface area is 106 Å². The molecule has 1 heterocycles. The van der Waals surface area contributed by atoms with Gasteiger partial charge in [0, 0.05) is 12.1 Å². The van der Waals surface area contributed by atoms with Gasteiger partial charge < -0.3 is 5.32 Å². The molecule has 94 valence electrons. The predicted molar refractivity (Wildman–Crippen MR) is 70.9 cm³/mol. The van der Waals surface area contributed by atoms with Crippen molar-refractivity contribution in [2.75, 3.05) is 11.9 Å². The van der Waals surface area contributed by atoms with Gasteiger partial charge in [0.15, 0.2) is 0 Å². The van der Waals surface area contributed by atoms with Gasteiger partial charge in [-0.25, -0.2) is 4.39 Å². The van der Waals surface area contributed by atoms with Gasteiger partial charge in [-0.05, 0) is 37.1 Å². The summed E-state index contributed by atoms with van der Waals surface area (Å²) < 4.78 is 12.9. The van der Waals surface area contributed by atoms with Crippen LogP contribution in [0.1, 0.15) is 19.0 Å². The molecular formula is C14H16FN3. The molecular weight excluding hydrogens is 229 g/mol. The lowest BCUT2D eigenvalue weighted by atomic mass is 10.1. The van der Waals surface area contributed by atoms with E-state index in [2.05, 4.69) is 22.4 Å². The topological polar surface area (TPSA) is 37.8 Å². The van der Waals surface area contributed by atoms with E-state index in [9.17, 15) is 4.39 Å². The molecule has 0 amide bonds. The molecule has 0 radical (unpaired) electrons. The molecule has 0 spiro atoms. The quantitative estimate of drug-likeness (QED) is 0.897. The van der Waals surface area contributed by atoms with Crippen molar-refractivity contribution in [2.24, 2.45) is 0 Å². The monoisotopic (exact) mass is 245 g/mol. The first-order valence-electron chi connectivity index (χ1n) is 6.05. The van der Waals surface area contributed by atoms with Gasteiger partial charge in [0.1, 0.15) is 11.6 Å². The standard InChI is InChI=1S/C14H16FN3/c1-3-8-16-14-9-13(10(2)17-18-14)11-4-6-12(15)7-5-11/h4-7,9H,3,8H2,1-2H3,(H,16,18). The molecule has 1 aromatic carbocycles. The summed E-state index contributed by atoms with van der Waals surface area (Å²) in [7, 11) is 0. The van der Waals surface area contributed by atoms with Crippen LogP contribution in [0.5, 0.6) is 0 Å². The van der Waals surface area contributed by atoms with Crippen LogP contribution in [0, 0.1) is 12.7 Å². The summed E-state index contributed by atoms with van der Waals surface area (Å²) in [5, 5.41) is 11.4. The largest absolute Gasteiger partial charge is 0.369 e. The lowest BCUT2D eigenvalue weighted by Crippen LogP contribution is -2.04. The lowest BCUT2D eigenvalue weighted by molar-refractivity contribution is 0.628. The Morgan fingerprint density at radius 1 is 1.17 bits per heavy atom. The van der Waals surface area contributed by atoms with Gasteiger partial charge >= 0.3 is 0 Å². The Morgan fingerprint density at radius 3 is 2.56 bits per heavy atom. The second-order valence-corrected chi connectivity index (χ2v) is 4.16. The van der Waals surface area contributed by atoms with Crippen LogP contribution in [0.15, 0.2) is 30.3 Å². The van der Waals surface area contributed by atoms with Crippen LogP contribution in [0.3, 0.4) is 0 Å². The van der Waals surface area contributed by atoms with Crippen LogP contribution in [-0.2, 0) is 0 Å². The molecule has 0 atom stereocenters. The number of nitrogens with one attached hydrogen (secondary N) is 1. The Morgan fingerprint density at radius 2 is 1.89 bits per heavy atom. The number of halogens is 1. The van der Waals surface area contributed by atoms with Crippen molar-refractivity contribution in [3.8, 4) is 11.1 Å². The van der Waals surface area contributed by atoms with Gasteiger partial charge in [-0.15, -0.1) is 5.10 Å². The molecule has 2 rings (SSSR count). The van der Waals surface area contributed by atoms with Crippen LogP contribution < -0.4 is 5.32 Å². The lowest BCUT2D eigenvalue weighted by Gasteiger charge is -2.08. The number of hydrogen-bond donors (Lipinski definition) is 1. The molecule has 0 aliphatic rings. The van der Waals surface area contributed by atoms with Gasteiger partial charge in [0.25, 0.3) is 0 Å². The fraction of sp³-hybridized carbons (Fsp3) is 0.286. The Bertz CT molecular complexity index is 523. The first kappa shape index (κ1) is 12.5. The van der Waals surface area contributed by atoms with E-state index >= 15 is 0 Å². The molecule has 0 bridgehead atoms. The van der Waals surface area contributed by atoms with Crippen LogP contribution in [0.4, 0.5) is 10.2 Å². The summed E-state index contributed by atoms with van der Waals surface area (Å²) in [5.41, 5.74) is 2.76. The zero-order valence-corrected chi connectivity index (χ0v) is 10.6. The van der Waals surface area contributed by atoms with Crippen molar-refractivity contribution in [1.29, 1.82) is 0 Å². The highest BCUT2D eigenvalue weighted by Crippen LogP contribution is 2.23. The average Bonchev–Trinajstić information content (AvgIpc) is 2.39. The number of benzene rings is 1. The zero-order chi connectivity index (χ0) is 13.0. The van der Waals surface area contributed by atoms with Gasteiger partial charge in [-0.3, -0.25) is 0 Å². The smallest absolute Gasteiger partial charge is 0.149 e. The highest BCUT2D eigenvalue weighted by atomic mass is 19.1. The van der Waals surface area contributed by atoms with Crippen molar-refractivity contribution in [1.82, 2.24) is 10.2 Å². The Kier molecular flexibility index (Phi) is 3.87. The minimum Gasteiger partial charge on any atom is -0.369 e. The van der Waals surface area contributed by atoms with E-state index in [1.807, 2.05) is 13.0 Å². The fourth-order valence-electron chi connectivity index (χ4n) is 1.71. The molecule has 1 aromatic heterocycles. The molecule has 0 unspecified atom stereocenters. The van der Waals surface area contributed by atoms with Crippen molar-refractivity contribution in [3.05, 3.63) is 41.8 Å². The molecule has 4 heteroatoms. The molecule has 0 aliphatic carbocycles. The van der Waals surface area contributed by atoms with Crippen LogP contribution in [-0.4, -0.2) is 16.7 Å². The summed E-state index contributed by atoms with van der Waals surface area (Å²) in [6.07, 6.45) is 1.03. The number of nitrogens with zero attached hydrogens (tertiary/aromatic N) is 2. The van der Waals surface area contributed by atoms with Crippen molar-refractivity contribution >= 4 is 5.82 Å².